The molecule has 1 nitrogen and oxygen atoms in total. The molecule has 1 heteroatoms. The van der Waals surface area contributed by atoms with Gasteiger partial charge in [0.25, 0.3) is 0 Å². The van der Waals surface area contributed by atoms with Gasteiger partial charge < -0.3 is 4.74 Å². The van der Waals surface area contributed by atoms with E-state index in [2.05, 4.69) is 33.6 Å². The van der Waals surface area contributed by atoms with Gasteiger partial charge in [-0.2, -0.15) is 0 Å². The molecule has 0 fully saturated rings. The maximum absolute atomic E-state index is 5.08. The van der Waals surface area contributed by atoms with E-state index in [1.54, 1.807) is 13.2 Å². The summed E-state index contributed by atoms with van der Waals surface area (Å²) >= 11 is 0. The summed E-state index contributed by atoms with van der Waals surface area (Å²) in [5.41, 5.74) is 4.24. The molecule has 0 rings (SSSR count). The van der Waals surface area contributed by atoms with Crippen molar-refractivity contribution in [3.8, 4) is 0 Å². The second-order valence-electron chi connectivity index (χ2n) is 3.63. The van der Waals surface area contributed by atoms with E-state index >= 15 is 0 Å². The monoisotopic (exact) mass is 204 g/mol. The first-order valence-corrected chi connectivity index (χ1v) is 4.84. The molecule has 82 valence electrons. The number of hydrogen-bond donors (Lipinski definition) is 0. The van der Waals surface area contributed by atoms with Gasteiger partial charge in [-0.1, -0.05) is 37.0 Å². The molecule has 0 aliphatic heterocycles. The predicted molar refractivity (Wildman–Crippen MR) is 67.6 cm³/mol. The van der Waals surface area contributed by atoms with E-state index < -0.39 is 0 Å². The zero-order valence-corrected chi connectivity index (χ0v) is 10.2. The highest BCUT2D eigenvalue weighted by Crippen LogP contribution is 2.19. The van der Waals surface area contributed by atoms with E-state index in [1.165, 1.54) is 5.57 Å². The van der Waals surface area contributed by atoms with E-state index in [-0.39, 0.29) is 0 Å². The summed E-state index contributed by atoms with van der Waals surface area (Å²) in [6, 6.07) is 0. The van der Waals surface area contributed by atoms with Gasteiger partial charge in [-0.15, -0.1) is 0 Å². The fourth-order valence-corrected chi connectivity index (χ4v) is 1.22. The number of methoxy groups -OCH3 is 1. The van der Waals surface area contributed by atoms with Gasteiger partial charge in [0.2, 0.25) is 0 Å². The molecule has 0 saturated carbocycles. The van der Waals surface area contributed by atoms with Gasteiger partial charge in [-0.3, -0.25) is 0 Å². The lowest BCUT2D eigenvalue weighted by molar-refractivity contribution is 0.304. The highest BCUT2D eigenvalue weighted by molar-refractivity contribution is 5.47. The fraction of sp³-hybridized carbons (Fsp3) is 0.286. The lowest BCUT2D eigenvalue weighted by Crippen LogP contribution is -1.91. The summed E-state index contributed by atoms with van der Waals surface area (Å²) in [7, 11) is 1.60. The fourth-order valence-electron chi connectivity index (χ4n) is 1.22. The van der Waals surface area contributed by atoms with Crippen molar-refractivity contribution in [2.45, 2.75) is 20.8 Å². The average Bonchev–Trinajstić information content (AvgIpc) is 2.17. The molecule has 0 saturated heterocycles. The number of hydrogen-bond acceptors (Lipinski definition) is 1. The summed E-state index contributed by atoms with van der Waals surface area (Å²) in [5.74, 6) is 0.616. The molecule has 0 amide bonds. The van der Waals surface area contributed by atoms with Crippen LogP contribution in [0.15, 0.2) is 59.9 Å². The van der Waals surface area contributed by atoms with E-state index in [0.717, 1.165) is 16.7 Å². The normalized spacial score (nSPS) is 10.5. The number of rotatable bonds is 5. The van der Waals surface area contributed by atoms with E-state index in [0.29, 0.717) is 5.76 Å². The van der Waals surface area contributed by atoms with Crippen molar-refractivity contribution in [1.29, 1.82) is 0 Å². The van der Waals surface area contributed by atoms with Gasteiger partial charge in [0.1, 0.15) is 5.76 Å². The van der Waals surface area contributed by atoms with E-state index in [9.17, 15) is 0 Å². The number of allylic oxidation sites excluding steroid dienone is 5. The molecule has 0 aliphatic carbocycles. The first-order chi connectivity index (χ1) is 6.93. The quantitative estimate of drug-likeness (QED) is 0.482. The Morgan fingerprint density at radius 2 is 1.67 bits per heavy atom. The molecule has 0 spiro atoms. The van der Waals surface area contributed by atoms with Crippen molar-refractivity contribution in [3.63, 3.8) is 0 Å². The first-order valence-electron chi connectivity index (χ1n) is 4.84. The van der Waals surface area contributed by atoms with Crippen molar-refractivity contribution in [2.24, 2.45) is 0 Å². The Balaban J connectivity index is 5.31. The molecule has 0 aromatic carbocycles. The molecule has 0 aromatic heterocycles. The third-order valence-corrected chi connectivity index (χ3v) is 2.09. The maximum atomic E-state index is 5.08. The SMILES string of the molecule is C=C/C(=C\C(C(=C)C)=C(C)C)C(=C)OC. The van der Waals surface area contributed by atoms with Crippen LogP contribution in [0.5, 0.6) is 0 Å². The van der Waals surface area contributed by atoms with Gasteiger partial charge >= 0.3 is 0 Å². The molecule has 0 bridgehead atoms. The van der Waals surface area contributed by atoms with Crippen LogP contribution < -0.4 is 0 Å². The minimum Gasteiger partial charge on any atom is -0.497 e. The maximum Gasteiger partial charge on any atom is 0.118 e. The smallest absolute Gasteiger partial charge is 0.118 e. The Hall–Kier alpha value is -1.50. The van der Waals surface area contributed by atoms with E-state index in [4.69, 9.17) is 4.74 Å². The standard InChI is InChI=1S/C14H20O/c1-8-13(12(6)15-7)9-14(10(2)3)11(4)5/h8-9H,1-2,6H2,3-5,7H3/b13-9+. The van der Waals surface area contributed by atoms with Crippen LogP contribution in [0.1, 0.15) is 20.8 Å². The zero-order chi connectivity index (χ0) is 12.0. The Labute approximate surface area is 93.1 Å². The predicted octanol–water partition coefficient (Wildman–Crippen LogP) is 4.17. The Kier molecular flexibility index (Phi) is 5.46. The highest BCUT2D eigenvalue weighted by atomic mass is 16.5. The van der Waals surface area contributed by atoms with Crippen LogP contribution in [0.4, 0.5) is 0 Å². The summed E-state index contributed by atoms with van der Waals surface area (Å²) in [5, 5.41) is 0. The topological polar surface area (TPSA) is 9.23 Å². The molecule has 0 heterocycles. The molecule has 0 N–H and O–H groups in total. The van der Waals surface area contributed by atoms with Gasteiger partial charge in [-0.05, 0) is 32.4 Å². The Morgan fingerprint density at radius 3 is 1.93 bits per heavy atom. The largest absolute Gasteiger partial charge is 0.497 e. The molecule has 15 heavy (non-hydrogen) atoms. The molecule has 0 radical (unpaired) electrons. The van der Waals surface area contributed by atoms with Crippen LogP contribution in [0.2, 0.25) is 0 Å². The second-order valence-corrected chi connectivity index (χ2v) is 3.63. The third-order valence-electron chi connectivity index (χ3n) is 2.09. The molecular weight excluding hydrogens is 184 g/mol. The van der Waals surface area contributed by atoms with Gasteiger partial charge in [0.05, 0.1) is 7.11 Å². The molecule has 0 aromatic rings. The van der Waals surface area contributed by atoms with Gasteiger partial charge in [0.15, 0.2) is 0 Å². The van der Waals surface area contributed by atoms with Crippen LogP contribution in [0.3, 0.4) is 0 Å². The van der Waals surface area contributed by atoms with Crippen molar-refractivity contribution < 1.29 is 4.74 Å². The summed E-state index contributed by atoms with van der Waals surface area (Å²) in [6.07, 6.45) is 3.73. The van der Waals surface area contributed by atoms with Crippen LogP contribution in [0, 0.1) is 0 Å². The summed E-state index contributed by atoms with van der Waals surface area (Å²) < 4.78 is 5.08. The van der Waals surface area contributed by atoms with E-state index in [1.807, 2.05) is 13.0 Å². The van der Waals surface area contributed by atoms with Crippen molar-refractivity contribution >= 4 is 0 Å². The second kappa shape index (κ2) is 6.07. The van der Waals surface area contributed by atoms with Gasteiger partial charge in [-0.25, -0.2) is 0 Å². The van der Waals surface area contributed by atoms with Crippen LogP contribution >= 0.6 is 0 Å². The lowest BCUT2D eigenvalue weighted by Gasteiger charge is -2.09. The summed E-state index contributed by atoms with van der Waals surface area (Å²) in [6.45, 7) is 17.6. The zero-order valence-electron chi connectivity index (χ0n) is 10.2. The molecular formula is C14H20O. The Bertz CT molecular complexity index is 336. The number of ether oxygens (including phenoxy) is 1. The summed E-state index contributed by atoms with van der Waals surface area (Å²) in [4.78, 5) is 0. The van der Waals surface area contributed by atoms with Gasteiger partial charge in [0, 0.05) is 5.57 Å². The van der Waals surface area contributed by atoms with Crippen molar-refractivity contribution in [1.82, 2.24) is 0 Å². The minimum atomic E-state index is 0.616. The van der Waals surface area contributed by atoms with Crippen molar-refractivity contribution in [3.05, 3.63) is 59.9 Å². The Morgan fingerprint density at radius 1 is 1.13 bits per heavy atom. The van der Waals surface area contributed by atoms with Crippen LogP contribution in [-0.4, -0.2) is 7.11 Å². The first kappa shape index (κ1) is 13.5. The third kappa shape index (κ3) is 4.03. The van der Waals surface area contributed by atoms with Crippen LogP contribution in [-0.2, 0) is 4.74 Å². The highest BCUT2D eigenvalue weighted by Gasteiger charge is 2.02. The van der Waals surface area contributed by atoms with Crippen LogP contribution in [0.25, 0.3) is 0 Å². The lowest BCUT2D eigenvalue weighted by atomic mass is 10.0. The molecule has 0 aliphatic rings. The molecule has 0 unspecified atom stereocenters. The van der Waals surface area contributed by atoms with Crippen molar-refractivity contribution in [2.75, 3.05) is 7.11 Å². The minimum absolute atomic E-state index is 0.616. The average molecular weight is 204 g/mol. The molecule has 0 atom stereocenters.